The van der Waals surface area contributed by atoms with Gasteiger partial charge in [0.15, 0.2) is 6.61 Å². The van der Waals surface area contributed by atoms with Crippen LogP contribution in [0.5, 0.6) is 11.5 Å². The standard InChI is InChI=1S/C23H28N2O4/c1-17-11-12-21(28-2)19(15-17)24-23(27)18-9-5-6-10-20(18)29-16-22(26)25-13-7-3-4-8-14-25/h5-6,9-12,15H,3-4,7-8,13-14,16H2,1-2H3,(H,24,27). The van der Waals surface area contributed by atoms with Crippen LogP contribution >= 0.6 is 0 Å². The van der Waals surface area contributed by atoms with Crippen molar-refractivity contribution >= 4 is 17.5 Å². The van der Waals surface area contributed by atoms with Gasteiger partial charge in [0.25, 0.3) is 11.8 Å². The number of nitrogens with one attached hydrogen (secondary N) is 1. The summed E-state index contributed by atoms with van der Waals surface area (Å²) in [5.41, 5.74) is 1.97. The van der Waals surface area contributed by atoms with Gasteiger partial charge in [-0.3, -0.25) is 9.59 Å². The quantitative estimate of drug-likeness (QED) is 0.800. The van der Waals surface area contributed by atoms with E-state index in [0.717, 1.165) is 44.3 Å². The van der Waals surface area contributed by atoms with Crippen LogP contribution in [0.4, 0.5) is 5.69 Å². The molecular weight excluding hydrogens is 368 g/mol. The molecule has 6 nitrogen and oxygen atoms in total. The van der Waals surface area contributed by atoms with Crippen LogP contribution in [0.3, 0.4) is 0 Å². The summed E-state index contributed by atoms with van der Waals surface area (Å²) in [6.07, 6.45) is 4.39. The molecule has 0 bridgehead atoms. The van der Waals surface area contributed by atoms with Crippen LogP contribution < -0.4 is 14.8 Å². The van der Waals surface area contributed by atoms with E-state index in [9.17, 15) is 9.59 Å². The van der Waals surface area contributed by atoms with E-state index in [1.54, 1.807) is 31.4 Å². The van der Waals surface area contributed by atoms with Crippen molar-refractivity contribution in [1.29, 1.82) is 0 Å². The van der Waals surface area contributed by atoms with E-state index in [1.165, 1.54) is 0 Å². The number of carbonyl (C=O) groups is 2. The minimum absolute atomic E-state index is 0.0394. The Bertz CT molecular complexity index is 858. The topological polar surface area (TPSA) is 67.9 Å². The molecule has 0 spiro atoms. The molecular formula is C23H28N2O4. The number of nitrogens with zero attached hydrogens (tertiary/aromatic N) is 1. The normalized spacial score (nSPS) is 14.1. The maximum atomic E-state index is 12.9. The molecule has 1 N–H and O–H groups in total. The summed E-state index contributed by atoms with van der Waals surface area (Å²) >= 11 is 0. The third-order valence-corrected chi connectivity index (χ3v) is 5.04. The zero-order valence-electron chi connectivity index (χ0n) is 17.1. The molecule has 1 fully saturated rings. The number of carbonyl (C=O) groups excluding carboxylic acids is 2. The van der Waals surface area contributed by atoms with Crippen molar-refractivity contribution in [3.8, 4) is 11.5 Å². The van der Waals surface area contributed by atoms with Crippen molar-refractivity contribution in [1.82, 2.24) is 4.90 Å². The first-order valence-corrected chi connectivity index (χ1v) is 10.0. The molecule has 2 aromatic rings. The number of para-hydroxylation sites is 1. The zero-order valence-corrected chi connectivity index (χ0v) is 17.1. The van der Waals surface area contributed by atoms with Gasteiger partial charge in [-0.05, 0) is 49.6 Å². The van der Waals surface area contributed by atoms with E-state index in [1.807, 2.05) is 30.0 Å². The van der Waals surface area contributed by atoms with Crippen LogP contribution in [-0.2, 0) is 4.79 Å². The van der Waals surface area contributed by atoms with Crippen molar-refractivity contribution in [2.24, 2.45) is 0 Å². The molecule has 0 aromatic heterocycles. The van der Waals surface area contributed by atoms with E-state index in [0.29, 0.717) is 22.7 Å². The molecule has 0 unspecified atom stereocenters. The van der Waals surface area contributed by atoms with Crippen molar-refractivity contribution in [3.63, 3.8) is 0 Å². The van der Waals surface area contributed by atoms with Gasteiger partial charge in [-0.15, -0.1) is 0 Å². The van der Waals surface area contributed by atoms with E-state index >= 15 is 0 Å². The number of methoxy groups -OCH3 is 1. The lowest BCUT2D eigenvalue weighted by atomic mass is 10.1. The molecule has 1 heterocycles. The molecule has 0 radical (unpaired) electrons. The third-order valence-electron chi connectivity index (χ3n) is 5.04. The summed E-state index contributed by atoms with van der Waals surface area (Å²) in [6.45, 7) is 3.42. The Hall–Kier alpha value is -3.02. The Morgan fingerprint density at radius 1 is 1.00 bits per heavy atom. The highest BCUT2D eigenvalue weighted by molar-refractivity contribution is 6.07. The zero-order chi connectivity index (χ0) is 20.6. The maximum absolute atomic E-state index is 12.9. The van der Waals surface area contributed by atoms with E-state index in [2.05, 4.69) is 5.32 Å². The smallest absolute Gasteiger partial charge is 0.260 e. The predicted molar refractivity (Wildman–Crippen MR) is 113 cm³/mol. The van der Waals surface area contributed by atoms with Crippen LogP contribution in [0.15, 0.2) is 42.5 Å². The summed E-state index contributed by atoms with van der Waals surface area (Å²) in [7, 11) is 1.56. The lowest BCUT2D eigenvalue weighted by Gasteiger charge is -2.20. The second kappa shape index (κ2) is 9.96. The van der Waals surface area contributed by atoms with Crippen molar-refractivity contribution in [2.45, 2.75) is 32.6 Å². The number of hydrogen-bond acceptors (Lipinski definition) is 4. The Kier molecular flexibility index (Phi) is 7.11. The largest absolute Gasteiger partial charge is 0.495 e. The molecule has 1 saturated heterocycles. The van der Waals surface area contributed by atoms with Gasteiger partial charge in [-0.25, -0.2) is 0 Å². The Labute approximate surface area is 171 Å². The third kappa shape index (κ3) is 5.50. The molecule has 3 rings (SSSR count). The molecule has 1 aliphatic rings. The van der Waals surface area contributed by atoms with Crippen molar-refractivity contribution < 1.29 is 19.1 Å². The fourth-order valence-corrected chi connectivity index (χ4v) is 3.44. The van der Waals surface area contributed by atoms with Crippen LogP contribution in [0.25, 0.3) is 0 Å². The Balaban J connectivity index is 1.69. The van der Waals surface area contributed by atoms with Gasteiger partial charge >= 0.3 is 0 Å². The number of ether oxygens (including phenoxy) is 2. The van der Waals surface area contributed by atoms with Gasteiger partial charge in [0, 0.05) is 13.1 Å². The molecule has 2 amide bonds. The average molecular weight is 396 g/mol. The van der Waals surface area contributed by atoms with Gasteiger partial charge in [-0.2, -0.15) is 0 Å². The maximum Gasteiger partial charge on any atom is 0.260 e. The molecule has 1 aliphatic heterocycles. The fourth-order valence-electron chi connectivity index (χ4n) is 3.44. The first-order chi connectivity index (χ1) is 14.1. The fraction of sp³-hybridized carbons (Fsp3) is 0.391. The van der Waals surface area contributed by atoms with Crippen molar-refractivity contribution in [3.05, 3.63) is 53.6 Å². The molecule has 6 heteroatoms. The number of hydrogen-bond donors (Lipinski definition) is 1. The first-order valence-electron chi connectivity index (χ1n) is 10.0. The molecule has 0 atom stereocenters. The van der Waals surface area contributed by atoms with E-state index in [-0.39, 0.29) is 18.4 Å². The van der Waals surface area contributed by atoms with Crippen LogP contribution in [-0.4, -0.2) is 43.5 Å². The molecule has 2 aromatic carbocycles. The van der Waals surface area contributed by atoms with Gasteiger partial charge in [0.1, 0.15) is 11.5 Å². The number of rotatable bonds is 6. The number of amides is 2. The summed E-state index contributed by atoms with van der Waals surface area (Å²) in [5.74, 6) is 0.618. The van der Waals surface area contributed by atoms with E-state index < -0.39 is 0 Å². The summed E-state index contributed by atoms with van der Waals surface area (Å²) < 4.78 is 11.1. The summed E-state index contributed by atoms with van der Waals surface area (Å²) in [5, 5.41) is 2.88. The Morgan fingerprint density at radius 3 is 2.45 bits per heavy atom. The van der Waals surface area contributed by atoms with E-state index in [4.69, 9.17) is 9.47 Å². The van der Waals surface area contributed by atoms with Gasteiger partial charge in [0.2, 0.25) is 0 Å². The minimum Gasteiger partial charge on any atom is -0.495 e. The van der Waals surface area contributed by atoms with Crippen LogP contribution in [0, 0.1) is 6.92 Å². The summed E-state index contributed by atoms with van der Waals surface area (Å²) in [4.78, 5) is 27.2. The van der Waals surface area contributed by atoms with Crippen molar-refractivity contribution in [2.75, 3.05) is 32.1 Å². The number of aryl methyl sites for hydroxylation is 1. The molecule has 29 heavy (non-hydrogen) atoms. The second-order valence-corrected chi connectivity index (χ2v) is 7.24. The van der Waals surface area contributed by atoms with Gasteiger partial charge < -0.3 is 19.7 Å². The number of likely N-dealkylation sites (tertiary alicyclic amines) is 1. The second-order valence-electron chi connectivity index (χ2n) is 7.24. The van der Waals surface area contributed by atoms with Gasteiger partial charge in [0.05, 0.1) is 18.4 Å². The predicted octanol–water partition coefficient (Wildman–Crippen LogP) is 4.04. The lowest BCUT2D eigenvalue weighted by molar-refractivity contribution is -0.133. The summed E-state index contributed by atoms with van der Waals surface area (Å²) in [6, 6.07) is 12.5. The number of benzene rings is 2. The average Bonchev–Trinajstić information content (AvgIpc) is 3.02. The van der Waals surface area contributed by atoms with Gasteiger partial charge in [-0.1, -0.05) is 31.0 Å². The first kappa shape index (κ1) is 20.7. The minimum atomic E-state index is -0.313. The monoisotopic (exact) mass is 396 g/mol. The van der Waals surface area contributed by atoms with Crippen LogP contribution in [0.2, 0.25) is 0 Å². The molecule has 0 saturated carbocycles. The highest BCUT2D eigenvalue weighted by atomic mass is 16.5. The Morgan fingerprint density at radius 2 is 1.72 bits per heavy atom. The van der Waals surface area contributed by atoms with Crippen LogP contribution in [0.1, 0.15) is 41.6 Å². The highest BCUT2D eigenvalue weighted by Gasteiger charge is 2.19. The molecule has 0 aliphatic carbocycles. The highest BCUT2D eigenvalue weighted by Crippen LogP contribution is 2.27. The number of anilines is 1. The lowest BCUT2D eigenvalue weighted by Crippen LogP contribution is -2.35. The molecule has 154 valence electrons. The SMILES string of the molecule is COc1ccc(C)cc1NC(=O)c1ccccc1OCC(=O)N1CCCCCC1.